The minimum absolute atomic E-state index is 0.0546. The Morgan fingerprint density at radius 2 is 1.90 bits per heavy atom. The Bertz CT molecular complexity index is 734. The van der Waals surface area contributed by atoms with Crippen molar-refractivity contribution in [2.75, 3.05) is 0 Å². The number of hydrogen-bond donors (Lipinski definition) is 4. The summed E-state index contributed by atoms with van der Waals surface area (Å²) in [5, 5.41) is 29.9. The van der Waals surface area contributed by atoms with Crippen molar-refractivity contribution in [1.82, 2.24) is 5.32 Å². The number of rotatable bonds is 3. The zero-order valence-corrected chi connectivity index (χ0v) is 11.0. The van der Waals surface area contributed by atoms with Crippen molar-refractivity contribution in [3.05, 3.63) is 45.8 Å². The molecule has 0 atom stereocenters. The molecule has 0 unspecified atom stereocenters. The molecule has 0 radical (unpaired) electrons. The standard InChI is InChI=1S/C13H8ClNO6/c14-6-3-5(1-2-8(6)16)4-7-10(17)9(12(19)15-7)11(18)13(20)21/h1-4,16-17H,(H,15,19)(H,20,21)/b7-4-. The number of nitrogens with one attached hydrogen (secondary N) is 1. The molecule has 1 aliphatic heterocycles. The van der Waals surface area contributed by atoms with Crippen LogP contribution in [0.25, 0.3) is 6.08 Å². The van der Waals surface area contributed by atoms with Gasteiger partial charge < -0.3 is 20.6 Å². The highest BCUT2D eigenvalue weighted by Gasteiger charge is 2.35. The van der Waals surface area contributed by atoms with Crippen LogP contribution in [0.1, 0.15) is 5.56 Å². The molecule has 0 aromatic heterocycles. The van der Waals surface area contributed by atoms with Crippen molar-refractivity contribution >= 4 is 35.3 Å². The Morgan fingerprint density at radius 3 is 2.48 bits per heavy atom. The number of aliphatic hydroxyl groups excluding tert-OH is 1. The summed E-state index contributed by atoms with van der Waals surface area (Å²) in [6.45, 7) is 0. The number of aliphatic hydroxyl groups is 1. The van der Waals surface area contributed by atoms with Gasteiger partial charge in [-0.15, -0.1) is 0 Å². The van der Waals surface area contributed by atoms with E-state index < -0.39 is 29.0 Å². The highest BCUT2D eigenvalue weighted by molar-refractivity contribution is 6.47. The molecular formula is C13H8ClNO6. The first kappa shape index (κ1) is 14.6. The largest absolute Gasteiger partial charge is 0.506 e. The van der Waals surface area contributed by atoms with Crippen LogP contribution in [0.15, 0.2) is 35.2 Å². The second-order valence-electron chi connectivity index (χ2n) is 4.08. The zero-order valence-electron chi connectivity index (χ0n) is 10.3. The second kappa shape index (κ2) is 5.29. The summed E-state index contributed by atoms with van der Waals surface area (Å²) in [6, 6.07) is 4.11. The number of halogens is 1. The third-order valence-corrected chi connectivity index (χ3v) is 2.97. The van der Waals surface area contributed by atoms with Gasteiger partial charge in [-0.1, -0.05) is 17.7 Å². The number of hydrogen-bond acceptors (Lipinski definition) is 5. The first-order chi connectivity index (χ1) is 9.81. The van der Waals surface area contributed by atoms with Gasteiger partial charge >= 0.3 is 5.97 Å². The predicted octanol–water partition coefficient (Wildman–Crippen LogP) is 0.982. The number of Topliss-reactive ketones (excluding diaryl/α,β-unsaturated/α-hetero) is 1. The van der Waals surface area contributed by atoms with Crippen LogP contribution in [0.5, 0.6) is 5.75 Å². The third kappa shape index (κ3) is 2.72. The van der Waals surface area contributed by atoms with Crippen LogP contribution in [0.3, 0.4) is 0 Å². The Kier molecular flexibility index (Phi) is 3.68. The fourth-order valence-electron chi connectivity index (χ4n) is 1.69. The minimum Gasteiger partial charge on any atom is -0.506 e. The van der Waals surface area contributed by atoms with E-state index in [1.807, 2.05) is 0 Å². The molecule has 0 fully saturated rings. The van der Waals surface area contributed by atoms with E-state index in [0.717, 1.165) is 0 Å². The van der Waals surface area contributed by atoms with Crippen LogP contribution < -0.4 is 5.32 Å². The minimum atomic E-state index is -1.85. The number of phenols is 1. The molecule has 0 spiro atoms. The van der Waals surface area contributed by atoms with Gasteiger partial charge in [-0.25, -0.2) is 4.79 Å². The van der Waals surface area contributed by atoms with E-state index in [0.29, 0.717) is 5.56 Å². The SMILES string of the molecule is O=C(O)C(=O)C1=C(O)/C(=C/c2ccc(O)c(Cl)c2)NC1=O. The van der Waals surface area contributed by atoms with Crippen molar-refractivity contribution in [3.63, 3.8) is 0 Å². The number of aromatic hydroxyl groups is 1. The molecule has 0 saturated heterocycles. The maximum Gasteiger partial charge on any atom is 0.377 e. The van der Waals surface area contributed by atoms with E-state index in [2.05, 4.69) is 5.32 Å². The molecule has 1 aromatic carbocycles. The van der Waals surface area contributed by atoms with Gasteiger partial charge in [0.1, 0.15) is 11.3 Å². The Hall–Kier alpha value is -2.80. The van der Waals surface area contributed by atoms with E-state index in [1.54, 1.807) is 0 Å². The molecule has 1 aromatic rings. The number of ketones is 1. The molecule has 108 valence electrons. The first-order valence-electron chi connectivity index (χ1n) is 5.54. The van der Waals surface area contributed by atoms with Crippen molar-refractivity contribution < 1.29 is 29.7 Å². The molecule has 4 N–H and O–H groups in total. The lowest BCUT2D eigenvalue weighted by molar-refractivity contribution is -0.147. The lowest BCUT2D eigenvalue weighted by Gasteiger charge is -2.01. The lowest BCUT2D eigenvalue weighted by Crippen LogP contribution is -2.24. The summed E-state index contributed by atoms with van der Waals surface area (Å²) in [7, 11) is 0. The summed E-state index contributed by atoms with van der Waals surface area (Å²) in [5.74, 6) is -5.25. The van der Waals surface area contributed by atoms with Crippen molar-refractivity contribution in [3.8, 4) is 5.75 Å². The number of carbonyl (C=O) groups excluding carboxylic acids is 2. The molecule has 1 amide bonds. The number of carboxylic acids is 1. The summed E-state index contributed by atoms with van der Waals surface area (Å²) in [4.78, 5) is 33.4. The molecule has 0 aliphatic carbocycles. The van der Waals surface area contributed by atoms with Crippen LogP contribution >= 0.6 is 11.6 Å². The number of amides is 1. The topological polar surface area (TPSA) is 124 Å². The monoisotopic (exact) mass is 309 g/mol. The maximum atomic E-state index is 11.5. The molecule has 0 saturated carbocycles. The van der Waals surface area contributed by atoms with E-state index in [1.165, 1.54) is 24.3 Å². The smallest absolute Gasteiger partial charge is 0.377 e. The number of aliphatic carboxylic acids is 1. The number of carbonyl (C=O) groups is 3. The lowest BCUT2D eigenvalue weighted by atomic mass is 10.1. The summed E-state index contributed by atoms with van der Waals surface area (Å²) >= 11 is 5.71. The molecular weight excluding hydrogens is 302 g/mol. The van der Waals surface area contributed by atoms with Crippen LogP contribution in [0, 0.1) is 0 Å². The van der Waals surface area contributed by atoms with Gasteiger partial charge in [-0.2, -0.15) is 0 Å². The normalized spacial score (nSPS) is 16.2. The molecule has 8 heteroatoms. The average molecular weight is 310 g/mol. The number of phenolic OH excluding ortho intramolecular Hbond substituents is 1. The zero-order chi connectivity index (χ0) is 15.7. The van der Waals surface area contributed by atoms with E-state index in [9.17, 15) is 24.6 Å². The number of carboxylic acid groups (broad SMARTS) is 1. The van der Waals surface area contributed by atoms with Crippen LogP contribution in [0.4, 0.5) is 0 Å². The van der Waals surface area contributed by atoms with Gasteiger partial charge in [0.15, 0.2) is 5.76 Å². The predicted molar refractivity (Wildman–Crippen MR) is 71.5 cm³/mol. The highest BCUT2D eigenvalue weighted by atomic mass is 35.5. The molecule has 7 nitrogen and oxygen atoms in total. The summed E-state index contributed by atoms with van der Waals surface area (Å²) < 4.78 is 0. The van der Waals surface area contributed by atoms with Crippen molar-refractivity contribution in [2.45, 2.75) is 0 Å². The third-order valence-electron chi connectivity index (χ3n) is 2.67. The second-order valence-corrected chi connectivity index (χ2v) is 4.49. The highest BCUT2D eigenvalue weighted by Crippen LogP contribution is 2.26. The summed E-state index contributed by atoms with van der Waals surface area (Å²) in [6.07, 6.45) is 1.28. The van der Waals surface area contributed by atoms with Crippen LogP contribution in [0.2, 0.25) is 5.02 Å². The van der Waals surface area contributed by atoms with E-state index >= 15 is 0 Å². The first-order valence-corrected chi connectivity index (χ1v) is 5.92. The molecule has 1 aliphatic rings. The Balaban J connectivity index is 2.44. The Morgan fingerprint density at radius 1 is 1.24 bits per heavy atom. The van der Waals surface area contributed by atoms with Crippen molar-refractivity contribution in [1.29, 1.82) is 0 Å². The van der Waals surface area contributed by atoms with Gasteiger partial charge in [0.25, 0.3) is 11.7 Å². The molecule has 1 heterocycles. The van der Waals surface area contributed by atoms with Gasteiger partial charge in [0.05, 0.1) is 10.7 Å². The maximum absolute atomic E-state index is 11.5. The van der Waals surface area contributed by atoms with E-state index in [4.69, 9.17) is 16.7 Å². The van der Waals surface area contributed by atoms with Gasteiger partial charge in [0, 0.05) is 0 Å². The molecule has 2 rings (SSSR count). The Labute approximate surface area is 122 Å². The number of benzene rings is 1. The van der Waals surface area contributed by atoms with Gasteiger partial charge in [-0.3, -0.25) is 9.59 Å². The van der Waals surface area contributed by atoms with E-state index in [-0.39, 0.29) is 16.5 Å². The average Bonchev–Trinajstić information content (AvgIpc) is 2.68. The van der Waals surface area contributed by atoms with Crippen molar-refractivity contribution in [2.24, 2.45) is 0 Å². The van der Waals surface area contributed by atoms with Gasteiger partial charge in [-0.05, 0) is 23.8 Å². The molecule has 0 bridgehead atoms. The fraction of sp³-hybridized carbons (Fsp3) is 0. The quantitative estimate of drug-likeness (QED) is 0.487. The molecule has 21 heavy (non-hydrogen) atoms. The van der Waals surface area contributed by atoms with Crippen LogP contribution in [-0.4, -0.2) is 33.0 Å². The van der Waals surface area contributed by atoms with Crippen LogP contribution in [-0.2, 0) is 14.4 Å². The summed E-state index contributed by atoms with van der Waals surface area (Å²) in [5.41, 5.74) is -0.548. The fourth-order valence-corrected chi connectivity index (χ4v) is 1.88. The van der Waals surface area contributed by atoms with Gasteiger partial charge in [0.2, 0.25) is 0 Å².